The third kappa shape index (κ3) is 3.17. The van der Waals surface area contributed by atoms with Gasteiger partial charge in [0, 0.05) is 42.7 Å². The summed E-state index contributed by atoms with van der Waals surface area (Å²) in [7, 11) is 0. The number of anilines is 1. The molecule has 0 aromatic carbocycles. The molecule has 6 heteroatoms. The molecule has 0 unspecified atom stereocenters. The van der Waals surface area contributed by atoms with Crippen LogP contribution in [-0.4, -0.2) is 60.2 Å². The van der Waals surface area contributed by atoms with E-state index in [4.69, 9.17) is 9.72 Å². The van der Waals surface area contributed by atoms with Crippen molar-refractivity contribution in [1.82, 2.24) is 14.9 Å². The highest BCUT2D eigenvalue weighted by atomic mass is 16.5. The van der Waals surface area contributed by atoms with Crippen LogP contribution in [0.5, 0.6) is 0 Å². The standard InChI is InChI=1S/C21H26N4O2/c1-21(12-27-13-21)11-24-8-5-15(6-9-24)18-10-19(25(14-26)16-2-3-16)23-20-17(18)4-7-22-20/h4-5,7,10,14,16H,2-3,6,8-9,11-13H2,1H3,(H,22,23). The summed E-state index contributed by atoms with van der Waals surface area (Å²) in [4.78, 5) is 23.8. The first-order valence-electron chi connectivity index (χ1n) is 9.86. The zero-order valence-electron chi connectivity index (χ0n) is 15.8. The Balaban J connectivity index is 1.43. The molecule has 142 valence electrons. The van der Waals surface area contributed by atoms with Gasteiger partial charge in [-0.3, -0.25) is 14.6 Å². The van der Waals surface area contributed by atoms with Gasteiger partial charge in [-0.25, -0.2) is 4.98 Å². The van der Waals surface area contributed by atoms with E-state index in [1.54, 1.807) is 4.90 Å². The van der Waals surface area contributed by atoms with Crippen molar-refractivity contribution in [3.63, 3.8) is 0 Å². The van der Waals surface area contributed by atoms with Gasteiger partial charge in [0.2, 0.25) is 6.41 Å². The van der Waals surface area contributed by atoms with Crippen molar-refractivity contribution in [3.8, 4) is 0 Å². The van der Waals surface area contributed by atoms with Crippen LogP contribution in [0.2, 0.25) is 0 Å². The van der Waals surface area contributed by atoms with E-state index in [9.17, 15) is 4.79 Å². The summed E-state index contributed by atoms with van der Waals surface area (Å²) in [5.74, 6) is 0.764. The molecule has 4 heterocycles. The van der Waals surface area contributed by atoms with Gasteiger partial charge in [-0.1, -0.05) is 13.0 Å². The molecule has 3 aliphatic rings. The van der Waals surface area contributed by atoms with Crippen molar-refractivity contribution in [2.45, 2.75) is 32.2 Å². The quantitative estimate of drug-likeness (QED) is 0.799. The minimum absolute atomic E-state index is 0.316. The molecule has 1 saturated carbocycles. The second kappa shape index (κ2) is 6.46. The summed E-state index contributed by atoms with van der Waals surface area (Å²) in [5, 5.41) is 1.14. The molecular formula is C21H26N4O2. The molecule has 2 aromatic rings. The van der Waals surface area contributed by atoms with E-state index >= 15 is 0 Å². The first-order chi connectivity index (χ1) is 13.1. The molecule has 1 saturated heterocycles. The SMILES string of the molecule is CC1(CN2CC=C(c3cc(N(C=O)C4CC4)nc4[nH]ccc34)CC2)COC1. The van der Waals surface area contributed by atoms with Gasteiger partial charge in [0.15, 0.2) is 0 Å². The largest absolute Gasteiger partial charge is 0.380 e. The number of carbonyl (C=O) groups is 1. The normalized spacial score (nSPS) is 22.3. The number of nitrogens with one attached hydrogen (secondary N) is 1. The van der Waals surface area contributed by atoms with E-state index in [1.807, 2.05) is 6.20 Å². The minimum Gasteiger partial charge on any atom is -0.380 e. The number of carbonyl (C=O) groups excluding carboxylic acids is 1. The van der Waals surface area contributed by atoms with Crippen LogP contribution in [0, 0.1) is 5.41 Å². The van der Waals surface area contributed by atoms with Crippen molar-refractivity contribution in [1.29, 1.82) is 0 Å². The van der Waals surface area contributed by atoms with Crippen LogP contribution < -0.4 is 4.90 Å². The Labute approximate surface area is 159 Å². The number of ether oxygens (including phenoxy) is 1. The van der Waals surface area contributed by atoms with Crippen molar-refractivity contribution < 1.29 is 9.53 Å². The maximum atomic E-state index is 11.6. The van der Waals surface area contributed by atoms with Crippen LogP contribution in [0.15, 0.2) is 24.4 Å². The second-order valence-corrected chi connectivity index (χ2v) is 8.53. The maximum Gasteiger partial charge on any atom is 0.215 e. The molecule has 1 N–H and O–H groups in total. The van der Waals surface area contributed by atoms with Gasteiger partial charge < -0.3 is 9.72 Å². The number of aromatic amines is 1. The van der Waals surface area contributed by atoms with Crippen LogP contribution in [0.1, 0.15) is 31.7 Å². The lowest BCUT2D eigenvalue weighted by Gasteiger charge is -2.42. The molecule has 2 aromatic heterocycles. The van der Waals surface area contributed by atoms with E-state index in [0.29, 0.717) is 11.5 Å². The van der Waals surface area contributed by atoms with Gasteiger partial charge in [-0.15, -0.1) is 0 Å². The fraction of sp³-hybridized carbons (Fsp3) is 0.524. The van der Waals surface area contributed by atoms with Crippen molar-refractivity contribution in [2.24, 2.45) is 5.41 Å². The van der Waals surface area contributed by atoms with Gasteiger partial charge in [0.25, 0.3) is 0 Å². The Morgan fingerprint density at radius 1 is 1.44 bits per heavy atom. The average molecular weight is 366 g/mol. The van der Waals surface area contributed by atoms with Crippen molar-refractivity contribution in [2.75, 3.05) is 37.7 Å². The van der Waals surface area contributed by atoms with Crippen LogP contribution >= 0.6 is 0 Å². The summed E-state index contributed by atoms with van der Waals surface area (Å²) < 4.78 is 5.39. The number of pyridine rings is 1. The highest BCUT2D eigenvalue weighted by Gasteiger charge is 2.35. The number of hydrogen-bond donors (Lipinski definition) is 1. The van der Waals surface area contributed by atoms with Crippen LogP contribution in [0.3, 0.4) is 0 Å². The molecule has 27 heavy (non-hydrogen) atoms. The molecule has 0 bridgehead atoms. The fourth-order valence-electron chi connectivity index (χ4n) is 4.28. The Kier molecular flexibility index (Phi) is 4.06. The molecule has 5 rings (SSSR count). The van der Waals surface area contributed by atoms with E-state index in [-0.39, 0.29) is 0 Å². The van der Waals surface area contributed by atoms with E-state index in [1.165, 1.54) is 11.1 Å². The van der Waals surface area contributed by atoms with Gasteiger partial charge in [-0.05, 0) is 42.5 Å². The van der Waals surface area contributed by atoms with Gasteiger partial charge in [0.05, 0.1) is 13.2 Å². The predicted molar refractivity (Wildman–Crippen MR) is 106 cm³/mol. The number of hydrogen-bond acceptors (Lipinski definition) is 4. The maximum absolute atomic E-state index is 11.6. The molecule has 0 spiro atoms. The molecule has 0 radical (unpaired) electrons. The Morgan fingerprint density at radius 3 is 2.93 bits per heavy atom. The monoisotopic (exact) mass is 366 g/mol. The molecule has 1 amide bonds. The Morgan fingerprint density at radius 2 is 2.30 bits per heavy atom. The zero-order valence-corrected chi connectivity index (χ0v) is 15.8. The minimum atomic E-state index is 0.316. The lowest BCUT2D eigenvalue weighted by atomic mass is 9.87. The van der Waals surface area contributed by atoms with Gasteiger partial charge in [-0.2, -0.15) is 0 Å². The topological polar surface area (TPSA) is 61.5 Å². The van der Waals surface area contributed by atoms with Gasteiger partial charge in [0.1, 0.15) is 11.5 Å². The number of nitrogens with zero attached hydrogens (tertiary/aromatic N) is 3. The van der Waals surface area contributed by atoms with Crippen LogP contribution in [0.4, 0.5) is 5.82 Å². The molecular weight excluding hydrogens is 340 g/mol. The predicted octanol–water partition coefficient (Wildman–Crippen LogP) is 2.81. The first-order valence-corrected chi connectivity index (χ1v) is 9.86. The van der Waals surface area contributed by atoms with Crippen LogP contribution in [0.25, 0.3) is 16.6 Å². The summed E-state index contributed by atoms with van der Waals surface area (Å²) in [6.07, 6.45) is 8.36. The third-order valence-corrected chi connectivity index (χ3v) is 5.98. The highest BCUT2D eigenvalue weighted by molar-refractivity contribution is 5.93. The molecule has 2 aliphatic heterocycles. The zero-order chi connectivity index (χ0) is 18.4. The number of amides is 1. The third-order valence-electron chi connectivity index (χ3n) is 5.98. The Bertz CT molecular complexity index is 895. The molecule has 0 atom stereocenters. The lowest BCUT2D eigenvalue weighted by Crippen LogP contribution is -2.49. The fourth-order valence-corrected chi connectivity index (χ4v) is 4.28. The lowest BCUT2D eigenvalue weighted by molar-refractivity contribution is -0.114. The first kappa shape index (κ1) is 17.0. The van der Waals surface area contributed by atoms with Crippen LogP contribution in [-0.2, 0) is 9.53 Å². The number of rotatable bonds is 6. The van der Waals surface area contributed by atoms with Gasteiger partial charge >= 0.3 is 0 Å². The van der Waals surface area contributed by atoms with Crippen molar-refractivity contribution in [3.05, 3.63) is 30.0 Å². The second-order valence-electron chi connectivity index (χ2n) is 8.53. The Hall–Kier alpha value is -2.18. The molecule has 2 fully saturated rings. The number of fused-ring (bicyclic) bond motifs is 1. The average Bonchev–Trinajstić information content (AvgIpc) is 3.37. The molecule has 1 aliphatic carbocycles. The summed E-state index contributed by atoms with van der Waals surface area (Å²) in [6, 6.07) is 4.51. The molecule has 6 nitrogen and oxygen atoms in total. The highest BCUT2D eigenvalue weighted by Crippen LogP contribution is 2.35. The van der Waals surface area contributed by atoms with E-state index in [2.05, 4.69) is 35.0 Å². The summed E-state index contributed by atoms with van der Waals surface area (Å²) in [6.45, 7) is 7.18. The van der Waals surface area contributed by atoms with E-state index in [0.717, 1.165) is 75.4 Å². The smallest absolute Gasteiger partial charge is 0.215 e. The number of H-pyrrole nitrogens is 1. The number of aromatic nitrogens is 2. The van der Waals surface area contributed by atoms with Crippen molar-refractivity contribution >= 4 is 28.8 Å². The summed E-state index contributed by atoms with van der Waals surface area (Å²) >= 11 is 0. The summed E-state index contributed by atoms with van der Waals surface area (Å²) in [5.41, 5.74) is 3.74. The van der Waals surface area contributed by atoms with E-state index < -0.39 is 0 Å².